The molecule has 2 heterocycles. The normalized spacial score (nSPS) is 14.9. The van der Waals surface area contributed by atoms with Crippen molar-refractivity contribution >= 4 is 21.8 Å². The van der Waals surface area contributed by atoms with Crippen molar-refractivity contribution in [3.8, 4) is 16.9 Å². The SMILES string of the molecule is CN(Cc1cn(-c2ccccc2)nc1-c1ccccc1)C(=O)CN=C1NS(=O)(=O)c2ccccc21. The summed E-state index contributed by atoms with van der Waals surface area (Å²) < 4.78 is 28.8. The highest BCUT2D eigenvalue weighted by Crippen LogP contribution is 2.25. The number of hydrogen-bond donors (Lipinski definition) is 1. The first kappa shape index (κ1) is 22.5. The van der Waals surface area contributed by atoms with Crippen molar-refractivity contribution in [3.63, 3.8) is 0 Å². The predicted octanol–water partition coefficient (Wildman–Crippen LogP) is 3.24. The molecule has 0 unspecified atom stereocenters. The average Bonchev–Trinajstić information content (AvgIpc) is 3.42. The second-order valence-electron chi connectivity index (χ2n) is 8.17. The van der Waals surface area contributed by atoms with E-state index in [9.17, 15) is 13.2 Å². The number of carbonyl (C=O) groups is 1. The van der Waals surface area contributed by atoms with E-state index >= 15 is 0 Å². The Morgan fingerprint density at radius 1 is 0.971 bits per heavy atom. The maximum absolute atomic E-state index is 12.9. The zero-order valence-corrected chi connectivity index (χ0v) is 19.8. The van der Waals surface area contributed by atoms with Crippen molar-refractivity contribution in [2.45, 2.75) is 11.4 Å². The zero-order chi connectivity index (χ0) is 24.4. The summed E-state index contributed by atoms with van der Waals surface area (Å²) in [4.78, 5) is 18.9. The van der Waals surface area contributed by atoms with Crippen molar-refractivity contribution in [3.05, 3.63) is 102 Å². The number of likely N-dealkylation sites (N-methyl/N-ethyl adjacent to an activating group) is 1. The summed E-state index contributed by atoms with van der Waals surface area (Å²) in [6.45, 7) is 0.138. The number of sulfonamides is 1. The minimum absolute atomic E-state index is 0.167. The lowest BCUT2D eigenvalue weighted by Gasteiger charge is -2.16. The summed E-state index contributed by atoms with van der Waals surface area (Å²) in [6, 6.07) is 26.2. The number of amides is 1. The van der Waals surface area contributed by atoms with Gasteiger partial charge in [-0.3, -0.25) is 14.5 Å². The third kappa shape index (κ3) is 4.58. The van der Waals surface area contributed by atoms with Crippen LogP contribution in [0, 0.1) is 0 Å². The Labute approximate surface area is 203 Å². The van der Waals surface area contributed by atoms with Crippen LogP contribution in [0.5, 0.6) is 0 Å². The van der Waals surface area contributed by atoms with E-state index in [1.54, 1.807) is 34.8 Å². The van der Waals surface area contributed by atoms with Gasteiger partial charge in [0, 0.05) is 36.5 Å². The Hall–Kier alpha value is -4.24. The molecule has 0 atom stereocenters. The number of benzene rings is 3. The van der Waals surface area contributed by atoms with Gasteiger partial charge in [-0.2, -0.15) is 5.10 Å². The number of para-hydroxylation sites is 1. The van der Waals surface area contributed by atoms with Crippen molar-refractivity contribution in [1.82, 2.24) is 19.4 Å². The molecule has 1 aromatic heterocycles. The Kier molecular flexibility index (Phi) is 5.92. The lowest BCUT2D eigenvalue weighted by Crippen LogP contribution is -2.30. The van der Waals surface area contributed by atoms with Gasteiger partial charge in [0.25, 0.3) is 10.0 Å². The zero-order valence-electron chi connectivity index (χ0n) is 19.0. The molecule has 0 saturated heterocycles. The quantitative estimate of drug-likeness (QED) is 0.454. The van der Waals surface area contributed by atoms with E-state index in [0.717, 1.165) is 22.5 Å². The van der Waals surface area contributed by atoms with Crippen molar-refractivity contribution in [2.24, 2.45) is 4.99 Å². The highest BCUT2D eigenvalue weighted by Gasteiger charge is 2.30. The van der Waals surface area contributed by atoms with E-state index in [0.29, 0.717) is 12.1 Å². The molecule has 3 aromatic carbocycles. The number of aromatic nitrogens is 2. The molecule has 1 aliphatic heterocycles. The molecule has 8 nitrogen and oxygen atoms in total. The highest BCUT2D eigenvalue weighted by molar-refractivity contribution is 7.90. The average molecular weight is 486 g/mol. The minimum atomic E-state index is -3.65. The smallest absolute Gasteiger partial charge is 0.263 e. The van der Waals surface area contributed by atoms with Gasteiger partial charge in [0.05, 0.1) is 16.3 Å². The van der Waals surface area contributed by atoms with Crippen LogP contribution in [0.1, 0.15) is 11.1 Å². The molecule has 0 bridgehead atoms. The molecule has 0 spiro atoms. The van der Waals surface area contributed by atoms with Crippen LogP contribution in [0.25, 0.3) is 16.9 Å². The standard InChI is InChI=1S/C26H23N5O3S/c1-30(24(32)16-27-26-22-14-8-9-15-23(22)35(33,34)29-26)17-20-18-31(21-12-6-3-7-13-21)28-25(20)19-10-4-2-5-11-19/h2-15,18H,16-17H2,1H3,(H,27,29). The number of nitrogens with zero attached hydrogens (tertiary/aromatic N) is 4. The molecular weight excluding hydrogens is 462 g/mol. The van der Waals surface area contributed by atoms with Gasteiger partial charge in [-0.25, -0.2) is 13.1 Å². The molecule has 0 saturated carbocycles. The third-order valence-electron chi connectivity index (χ3n) is 5.73. The van der Waals surface area contributed by atoms with Crippen molar-refractivity contribution in [2.75, 3.05) is 13.6 Å². The van der Waals surface area contributed by atoms with Crippen LogP contribution in [0.2, 0.25) is 0 Å². The maximum Gasteiger partial charge on any atom is 0.263 e. The third-order valence-corrected chi connectivity index (χ3v) is 7.12. The highest BCUT2D eigenvalue weighted by atomic mass is 32.2. The second kappa shape index (κ2) is 9.19. The number of aliphatic imine (C=N–C) groups is 1. The number of amidine groups is 1. The monoisotopic (exact) mass is 485 g/mol. The van der Waals surface area contributed by atoms with Gasteiger partial charge in [0.15, 0.2) is 0 Å². The maximum atomic E-state index is 12.9. The molecule has 1 N–H and O–H groups in total. The van der Waals surface area contributed by atoms with Crippen LogP contribution in [-0.4, -0.2) is 48.4 Å². The molecule has 0 fully saturated rings. The number of hydrogen-bond acceptors (Lipinski definition) is 5. The molecule has 9 heteroatoms. The summed E-state index contributed by atoms with van der Waals surface area (Å²) in [5, 5.41) is 4.79. The molecule has 35 heavy (non-hydrogen) atoms. The molecule has 1 amide bonds. The molecular formula is C26H23N5O3S. The summed E-state index contributed by atoms with van der Waals surface area (Å²) >= 11 is 0. The summed E-state index contributed by atoms with van der Waals surface area (Å²) in [5.74, 6) is -0.0585. The predicted molar refractivity (Wildman–Crippen MR) is 134 cm³/mol. The van der Waals surface area contributed by atoms with Gasteiger partial charge in [0.2, 0.25) is 5.91 Å². The van der Waals surface area contributed by atoms with E-state index in [1.807, 2.05) is 66.9 Å². The van der Waals surface area contributed by atoms with Gasteiger partial charge in [-0.15, -0.1) is 0 Å². The van der Waals surface area contributed by atoms with Gasteiger partial charge in [-0.05, 0) is 24.3 Å². The van der Waals surface area contributed by atoms with Gasteiger partial charge in [-0.1, -0.05) is 60.7 Å². The first-order chi connectivity index (χ1) is 16.9. The summed E-state index contributed by atoms with van der Waals surface area (Å²) in [5.41, 5.74) is 4.02. The van der Waals surface area contributed by atoms with Crippen LogP contribution >= 0.6 is 0 Å². The van der Waals surface area contributed by atoms with E-state index in [-0.39, 0.29) is 23.2 Å². The number of fused-ring (bicyclic) bond motifs is 1. The molecule has 0 aliphatic carbocycles. The van der Waals surface area contributed by atoms with E-state index in [4.69, 9.17) is 5.10 Å². The van der Waals surface area contributed by atoms with E-state index in [1.165, 1.54) is 6.07 Å². The van der Waals surface area contributed by atoms with Crippen LogP contribution in [0.4, 0.5) is 0 Å². The number of nitrogens with one attached hydrogen (secondary N) is 1. The molecule has 176 valence electrons. The van der Waals surface area contributed by atoms with Crippen molar-refractivity contribution in [1.29, 1.82) is 0 Å². The van der Waals surface area contributed by atoms with Crippen LogP contribution in [0.15, 0.2) is 101 Å². The van der Waals surface area contributed by atoms with E-state index < -0.39 is 10.0 Å². The Bertz CT molecular complexity index is 1510. The Morgan fingerprint density at radius 2 is 1.63 bits per heavy atom. The van der Waals surface area contributed by atoms with Gasteiger partial charge in [0.1, 0.15) is 12.4 Å². The molecule has 0 radical (unpaired) electrons. The molecule has 4 aromatic rings. The van der Waals surface area contributed by atoms with E-state index in [2.05, 4.69) is 9.71 Å². The summed E-state index contributed by atoms with van der Waals surface area (Å²) in [6.07, 6.45) is 1.93. The van der Waals surface area contributed by atoms with Gasteiger partial charge < -0.3 is 4.90 Å². The lowest BCUT2D eigenvalue weighted by atomic mass is 10.1. The Morgan fingerprint density at radius 3 is 2.37 bits per heavy atom. The number of carbonyl (C=O) groups excluding carboxylic acids is 1. The second-order valence-corrected chi connectivity index (χ2v) is 9.82. The van der Waals surface area contributed by atoms with Crippen LogP contribution in [0.3, 0.4) is 0 Å². The fourth-order valence-corrected chi connectivity index (χ4v) is 5.19. The fourth-order valence-electron chi connectivity index (χ4n) is 3.94. The molecule has 1 aliphatic rings. The molecule has 5 rings (SSSR count). The lowest BCUT2D eigenvalue weighted by molar-refractivity contribution is -0.128. The van der Waals surface area contributed by atoms with Crippen molar-refractivity contribution < 1.29 is 13.2 Å². The Balaban J connectivity index is 1.38. The van der Waals surface area contributed by atoms with Crippen LogP contribution in [-0.2, 0) is 21.4 Å². The number of rotatable bonds is 6. The largest absolute Gasteiger partial charge is 0.340 e. The first-order valence-corrected chi connectivity index (χ1v) is 12.5. The fraction of sp³-hybridized carbons (Fsp3) is 0.115. The topological polar surface area (TPSA) is 96.7 Å². The van der Waals surface area contributed by atoms with Crippen LogP contribution < -0.4 is 4.72 Å². The first-order valence-electron chi connectivity index (χ1n) is 11.0. The summed E-state index contributed by atoms with van der Waals surface area (Å²) in [7, 11) is -1.95. The van der Waals surface area contributed by atoms with Gasteiger partial charge >= 0.3 is 0 Å². The minimum Gasteiger partial charge on any atom is -0.340 e.